The van der Waals surface area contributed by atoms with Crippen LogP contribution in [0.15, 0.2) is 24.3 Å². The van der Waals surface area contributed by atoms with E-state index in [1.54, 1.807) is 0 Å². The summed E-state index contributed by atoms with van der Waals surface area (Å²) >= 11 is 0. The summed E-state index contributed by atoms with van der Waals surface area (Å²) in [6, 6.07) is 4.79. The quantitative estimate of drug-likeness (QED) is 0.350. The zero-order valence-corrected chi connectivity index (χ0v) is 8.20. The fourth-order valence-corrected chi connectivity index (χ4v) is 1.20. The highest BCUT2D eigenvalue weighted by molar-refractivity contribution is 7.32. The van der Waals surface area contributed by atoms with Crippen LogP contribution in [0, 0.1) is 10.1 Å². The van der Waals surface area contributed by atoms with E-state index in [-0.39, 0.29) is 11.3 Å². The molecule has 0 amide bonds. The molecule has 0 aliphatic rings. The number of hydrogen-bond acceptors (Lipinski definition) is 5. The summed E-state index contributed by atoms with van der Waals surface area (Å²) in [6.07, 6.45) is -1.57. The minimum absolute atomic E-state index is 0.140. The van der Waals surface area contributed by atoms with E-state index in [0.29, 0.717) is 0 Å². The monoisotopic (exact) mass is 232 g/mol. The van der Waals surface area contributed by atoms with Gasteiger partial charge in [-0.25, -0.2) is 0 Å². The Morgan fingerprint density at radius 1 is 1.40 bits per heavy atom. The second-order valence-corrected chi connectivity index (χ2v) is 3.23. The molecule has 0 spiro atoms. The lowest BCUT2D eigenvalue weighted by Crippen LogP contribution is -1.98. The van der Waals surface area contributed by atoms with E-state index in [9.17, 15) is 19.8 Å². The van der Waals surface area contributed by atoms with Crippen LogP contribution in [-0.2, 0) is 9.09 Å². The van der Waals surface area contributed by atoms with E-state index in [1.807, 2.05) is 0 Å². The van der Waals surface area contributed by atoms with Gasteiger partial charge in [0.05, 0.1) is 4.92 Å². The summed E-state index contributed by atoms with van der Waals surface area (Å²) in [7, 11) is -2.92. The predicted octanol–water partition coefficient (Wildman–Crippen LogP) is 1.25. The fraction of sp³-hybridized carbons (Fsp3) is 0.143. The topological polar surface area (TPSA) is 110 Å². The van der Waals surface area contributed by atoms with Gasteiger partial charge in [-0.1, -0.05) is 4.52 Å². The van der Waals surface area contributed by atoms with Crippen molar-refractivity contribution in [1.82, 2.24) is 0 Å². The molecule has 1 aromatic rings. The molecule has 8 heteroatoms. The van der Waals surface area contributed by atoms with Gasteiger partial charge in [0.15, 0.2) is 0 Å². The zero-order chi connectivity index (χ0) is 11.4. The molecule has 0 aliphatic carbocycles. The second kappa shape index (κ2) is 4.90. The number of nitrogens with zero attached hydrogens (tertiary/aromatic N) is 1. The lowest BCUT2D eigenvalue weighted by Gasteiger charge is -2.01. The van der Waals surface area contributed by atoms with Crippen LogP contribution in [0.4, 0.5) is 5.69 Å². The molecule has 1 rings (SSSR count). The number of hydrogen-bond donors (Lipinski definition) is 2. The van der Waals surface area contributed by atoms with Gasteiger partial charge < -0.3 is 5.11 Å². The molecule has 2 unspecified atom stereocenters. The lowest BCUT2D eigenvalue weighted by atomic mass is 10.2. The van der Waals surface area contributed by atoms with E-state index < -0.39 is 19.5 Å². The van der Waals surface area contributed by atoms with Gasteiger partial charge in [-0.2, -0.15) is 0 Å². The van der Waals surface area contributed by atoms with Gasteiger partial charge in [-0.05, 0) is 12.1 Å². The Hall–Kier alpha value is -1.40. The number of nitro benzene ring substituents is 1. The maximum atomic E-state index is 10.3. The summed E-state index contributed by atoms with van der Waals surface area (Å²) in [5.74, 6) is 0. The molecule has 0 saturated carbocycles. The third kappa shape index (κ3) is 3.34. The van der Waals surface area contributed by atoms with Crippen LogP contribution < -0.4 is 0 Å². The Balaban J connectivity index is 2.79. The number of nitro groups is 1. The van der Waals surface area contributed by atoms with Crippen LogP contribution in [0.5, 0.6) is 0 Å². The molecular weight excluding hydrogens is 225 g/mol. The summed E-state index contributed by atoms with van der Waals surface area (Å²) in [6.45, 7) is 0. The standard InChI is InChI=1S/C7H6NO6P/c9-7(14-15(12)13)5-1-3-6(4-2-5)8(10)11/h1-4,7,9H/p+1. The van der Waals surface area contributed by atoms with Crippen LogP contribution in [0.3, 0.4) is 0 Å². The Bertz CT molecular complexity index is 378. The van der Waals surface area contributed by atoms with Crippen molar-refractivity contribution in [3.8, 4) is 0 Å². The Morgan fingerprint density at radius 2 is 1.93 bits per heavy atom. The number of benzene rings is 1. The maximum Gasteiger partial charge on any atom is 0.697 e. The van der Waals surface area contributed by atoms with Crippen molar-refractivity contribution in [3.05, 3.63) is 39.9 Å². The van der Waals surface area contributed by atoms with Crippen LogP contribution in [0.1, 0.15) is 11.9 Å². The van der Waals surface area contributed by atoms with Gasteiger partial charge >= 0.3 is 8.25 Å². The molecule has 0 fully saturated rings. The summed E-state index contributed by atoms with van der Waals surface area (Å²) in [5, 5.41) is 19.5. The first kappa shape index (κ1) is 11.7. The molecule has 0 aromatic heterocycles. The summed E-state index contributed by atoms with van der Waals surface area (Å²) in [5.41, 5.74) is 0.0253. The average Bonchev–Trinajstić information content (AvgIpc) is 2.17. The van der Waals surface area contributed by atoms with Gasteiger partial charge in [-0.3, -0.25) is 10.1 Å². The van der Waals surface area contributed by atoms with E-state index in [0.717, 1.165) is 12.1 Å². The number of rotatable bonds is 4. The number of aliphatic hydroxyl groups is 1. The van der Waals surface area contributed by atoms with E-state index >= 15 is 0 Å². The minimum atomic E-state index is -2.92. The number of aliphatic hydroxyl groups excluding tert-OH is 1. The van der Waals surface area contributed by atoms with Gasteiger partial charge in [0.1, 0.15) is 0 Å². The van der Waals surface area contributed by atoms with Crippen molar-refractivity contribution in [1.29, 1.82) is 0 Å². The molecule has 0 bridgehead atoms. The average molecular weight is 232 g/mol. The highest BCUT2D eigenvalue weighted by Gasteiger charge is 2.22. The van der Waals surface area contributed by atoms with Gasteiger partial charge in [-0.15, -0.1) is 4.89 Å². The highest BCUT2D eigenvalue weighted by atomic mass is 31.1. The minimum Gasteiger partial charge on any atom is -0.361 e. The van der Waals surface area contributed by atoms with E-state index in [4.69, 9.17) is 4.89 Å². The second-order valence-electron chi connectivity index (χ2n) is 2.54. The first-order valence-electron chi connectivity index (χ1n) is 3.76. The van der Waals surface area contributed by atoms with Crippen molar-refractivity contribution in [2.45, 2.75) is 6.29 Å². The molecule has 7 nitrogen and oxygen atoms in total. The Morgan fingerprint density at radius 3 is 2.33 bits per heavy atom. The molecule has 0 aliphatic heterocycles. The van der Waals surface area contributed by atoms with Crippen molar-refractivity contribution >= 4 is 13.9 Å². The lowest BCUT2D eigenvalue weighted by molar-refractivity contribution is -0.384. The van der Waals surface area contributed by atoms with Crippen LogP contribution >= 0.6 is 8.25 Å². The Labute approximate surface area is 85.0 Å². The molecule has 1 aromatic carbocycles. The van der Waals surface area contributed by atoms with Crippen LogP contribution in [-0.4, -0.2) is 14.9 Å². The maximum absolute atomic E-state index is 10.3. The first-order valence-corrected chi connectivity index (χ1v) is 4.89. The zero-order valence-electron chi connectivity index (χ0n) is 7.31. The third-order valence-electron chi connectivity index (χ3n) is 1.58. The van der Waals surface area contributed by atoms with Crippen LogP contribution in [0.2, 0.25) is 0 Å². The third-order valence-corrected chi connectivity index (χ3v) is 1.96. The SMILES string of the molecule is O=[N+]([O-])c1ccc(C(O)O[P+](=O)O)cc1. The normalized spacial score (nSPS) is 13.3. The molecule has 15 heavy (non-hydrogen) atoms. The molecule has 2 atom stereocenters. The van der Waals surface area contributed by atoms with Crippen molar-refractivity contribution in [2.24, 2.45) is 0 Å². The smallest absolute Gasteiger partial charge is 0.361 e. The van der Waals surface area contributed by atoms with E-state index in [1.165, 1.54) is 12.1 Å². The molecule has 0 radical (unpaired) electrons. The number of non-ortho nitro benzene ring substituents is 1. The predicted molar refractivity (Wildman–Crippen MR) is 49.0 cm³/mol. The van der Waals surface area contributed by atoms with Gasteiger partial charge in [0.2, 0.25) is 6.29 Å². The van der Waals surface area contributed by atoms with E-state index in [2.05, 4.69) is 4.52 Å². The first-order chi connectivity index (χ1) is 7.00. The van der Waals surface area contributed by atoms with Crippen molar-refractivity contribution in [2.75, 3.05) is 0 Å². The molecule has 80 valence electrons. The van der Waals surface area contributed by atoms with Crippen LogP contribution in [0.25, 0.3) is 0 Å². The summed E-state index contributed by atoms with van der Waals surface area (Å²) in [4.78, 5) is 18.0. The highest BCUT2D eigenvalue weighted by Crippen LogP contribution is 2.27. The molecule has 0 heterocycles. The molecule has 2 N–H and O–H groups in total. The fourth-order valence-electron chi connectivity index (χ4n) is 0.907. The largest absolute Gasteiger partial charge is 0.697 e. The van der Waals surface area contributed by atoms with Gasteiger partial charge in [0, 0.05) is 22.3 Å². The summed E-state index contributed by atoms with van der Waals surface area (Å²) < 4.78 is 14.4. The Kier molecular flexibility index (Phi) is 3.81. The van der Waals surface area contributed by atoms with Crippen molar-refractivity contribution < 1.29 is 24.0 Å². The van der Waals surface area contributed by atoms with Crippen molar-refractivity contribution in [3.63, 3.8) is 0 Å². The molecule has 0 saturated heterocycles. The van der Waals surface area contributed by atoms with Gasteiger partial charge in [0.25, 0.3) is 5.69 Å². The molecular formula is C7H7NO6P+.